The van der Waals surface area contributed by atoms with Crippen LogP contribution in [0, 0.1) is 6.92 Å². The van der Waals surface area contributed by atoms with Crippen molar-refractivity contribution in [3.63, 3.8) is 0 Å². The summed E-state index contributed by atoms with van der Waals surface area (Å²) in [4.78, 5) is 17.1. The van der Waals surface area contributed by atoms with Crippen molar-refractivity contribution in [3.05, 3.63) is 45.4 Å². The number of thiazole rings is 1. The summed E-state index contributed by atoms with van der Waals surface area (Å²) >= 11 is 7.48. The van der Waals surface area contributed by atoms with Crippen LogP contribution in [0.1, 0.15) is 9.88 Å². The van der Waals surface area contributed by atoms with Gasteiger partial charge in [0.05, 0.1) is 5.01 Å². The van der Waals surface area contributed by atoms with E-state index < -0.39 is 0 Å². The molecule has 4 nitrogen and oxygen atoms in total. The molecule has 0 fully saturated rings. The fourth-order valence-electron chi connectivity index (χ4n) is 1.54. The average molecular weight is 296 g/mol. The van der Waals surface area contributed by atoms with Crippen LogP contribution in [0.4, 0.5) is 10.5 Å². The Labute approximate surface area is 120 Å². The number of rotatable bonds is 4. The highest BCUT2D eigenvalue weighted by atomic mass is 35.5. The maximum atomic E-state index is 11.6. The first kappa shape index (κ1) is 13.8. The van der Waals surface area contributed by atoms with E-state index in [1.54, 1.807) is 35.6 Å². The monoisotopic (exact) mass is 295 g/mol. The Balaban J connectivity index is 1.76. The zero-order valence-corrected chi connectivity index (χ0v) is 12.0. The zero-order valence-electron chi connectivity index (χ0n) is 10.4. The molecule has 0 aliphatic carbocycles. The molecular formula is C13H14ClN3OS. The second-order valence-electron chi connectivity index (χ2n) is 4.01. The van der Waals surface area contributed by atoms with Crippen molar-refractivity contribution in [1.82, 2.24) is 10.3 Å². The van der Waals surface area contributed by atoms with Gasteiger partial charge < -0.3 is 10.6 Å². The standard InChI is InChI=1S/C13H14ClN3OS/c1-9-8-16-12(19-9)5-6-15-13(18)17-11-4-2-3-10(14)7-11/h2-4,7-8H,5-6H2,1H3,(H2,15,17,18). The van der Waals surface area contributed by atoms with Crippen LogP contribution in [0.15, 0.2) is 30.5 Å². The first-order valence-corrected chi connectivity index (χ1v) is 7.04. The van der Waals surface area contributed by atoms with Crippen LogP contribution in [-0.4, -0.2) is 17.6 Å². The predicted octanol–water partition coefficient (Wildman–Crippen LogP) is 3.47. The quantitative estimate of drug-likeness (QED) is 0.907. The summed E-state index contributed by atoms with van der Waals surface area (Å²) in [5, 5.41) is 7.13. The molecule has 0 aliphatic rings. The molecule has 0 spiro atoms. The van der Waals surface area contributed by atoms with Gasteiger partial charge in [0, 0.05) is 34.7 Å². The predicted molar refractivity (Wildman–Crippen MR) is 79.0 cm³/mol. The molecule has 1 aromatic carbocycles. The van der Waals surface area contributed by atoms with Crippen molar-refractivity contribution in [2.45, 2.75) is 13.3 Å². The number of halogens is 1. The van der Waals surface area contributed by atoms with Gasteiger partial charge in [0.25, 0.3) is 0 Å². The SMILES string of the molecule is Cc1cnc(CCNC(=O)Nc2cccc(Cl)c2)s1. The minimum absolute atomic E-state index is 0.240. The fourth-order valence-corrected chi connectivity index (χ4v) is 2.52. The number of urea groups is 1. The molecule has 1 aromatic heterocycles. The van der Waals surface area contributed by atoms with Crippen LogP contribution in [0.5, 0.6) is 0 Å². The number of carbonyl (C=O) groups is 1. The third kappa shape index (κ3) is 4.54. The van der Waals surface area contributed by atoms with Gasteiger partial charge in [0.15, 0.2) is 0 Å². The molecule has 0 bridgehead atoms. The van der Waals surface area contributed by atoms with Crippen molar-refractivity contribution in [2.75, 3.05) is 11.9 Å². The van der Waals surface area contributed by atoms with E-state index in [-0.39, 0.29) is 6.03 Å². The molecule has 2 amide bonds. The van der Waals surface area contributed by atoms with Crippen molar-refractivity contribution >= 4 is 34.7 Å². The van der Waals surface area contributed by atoms with Gasteiger partial charge in [0.1, 0.15) is 0 Å². The van der Waals surface area contributed by atoms with Crippen molar-refractivity contribution < 1.29 is 4.79 Å². The molecule has 2 N–H and O–H groups in total. The van der Waals surface area contributed by atoms with Crippen molar-refractivity contribution in [1.29, 1.82) is 0 Å². The van der Waals surface area contributed by atoms with Gasteiger partial charge in [-0.1, -0.05) is 17.7 Å². The maximum absolute atomic E-state index is 11.6. The highest BCUT2D eigenvalue weighted by Crippen LogP contribution is 2.14. The molecule has 100 valence electrons. The number of aromatic nitrogens is 1. The van der Waals surface area contributed by atoms with Gasteiger partial charge in [-0.3, -0.25) is 0 Å². The second-order valence-corrected chi connectivity index (χ2v) is 5.76. The van der Waals surface area contributed by atoms with E-state index in [1.165, 1.54) is 4.88 Å². The summed E-state index contributed by atoms with van der Waals surface area (Å²) in [5.41, 5.74) is 0.676. The molecule has 19 heavy (non-hydrogen) atoms. The number of aryl methyl sites for hydroxylation is 1. The number of hydrogen-bond donors (Lipinski definition) is 2. The number of hydrogen-bond acceptors (Lipinski definition) is 3. The van der Waals surface area contributed by atoms with Crippen LogP contribution >= 0.6 is 22.9 Å². The minimum atomic E-state index is -0.240. The Hall–Kier alpha value is -1.59. The van der Waals surface area contributed by atoms with Gasteiger partial charge in [-0.2, -0.15) is 0 Å². The molecule has 0 saturated carbocycles. The van der Waals surface area contributed by atoms with E-state index in [2.05, 4.69) is 15.6 Å². The first-order valence-electron chi connectivity index (χ1n) is 5.85. The van der Waals surface area contributed by atoms with Crippen LogP contribution < -0.4 is 10.6 Å². The van der Waals surface area contributed by atoms with Gasteiger partial charge in [-0.15, -0.1) is 11.3 Å². The highest BCUT2D eigenvalue weighted by molar-refractivity contribution is 7.11. The third-order valence-corrected chi connectivity index (χ3v) is 3.58. The summed E-state index contributed by atoms with van der Waals surface area (Å²) in [6.45, 7) is 2.57. The molecule has 6 heteroatoms. The summed E-state index contributed by atoms with van der Waals surface area (Å²) in [6.07, 6.45) is 2.58. The Bertz CT molecular complexity index is 571. The van der Waals surface area contributed by atoms with E-state index in [4.69, 9.17) is 11.6 Å². The lowest BCUT2D eigenvalue weighted by Gasteiger charge is -2.06. The van der Waals surface area contributed by atoms with E-state index in [1.807, 2.05) is 13.1 Å². The van der Waals surface area contributed by atoms with E-state index in [0.29, 0.717) is 17.3 Å². The molecule has 2 aromatic rings. The molecule has 0 saturated heterocycles. The minimum Gasteiger partial charge on any atom is -0.337 e. The number of carbonyl (C=O) groups excluding carboxylic acids is 1. The molecule has 0 aliphatic heterocycles. The number of anilines is 1. The average Bonchev–Trinajstić information content (AvgIpc) is 2.75. The topological polar surface area (TPSA) is 54.0 Å². The number of nitrogens with zero attached hydrogens (tertiary/aromatic N) is 1. The Morgan fingerprint density at radius 2 is 2.32 bits per heavy atom. The molecule has 0 unspecified atom stereocenters. The highest BCUT2D eigenvalue weighted by Gasteiger charge is 2.03. The largest absolute Gasteiger partial charge is 0.337 e. The van der Waals surface area contributed by atoms with Gasteiger partial charge in [-0.25, -0.2) is 9.78 Å². The second kappa shape index (κ2) is 6.54. The van der Waals surface area contributed by atoms with Crippen LogP contribution in [0.2, 0.25) is 5.02 Å². The van der Waals surface area contributed by atoms with Gasteiger partial charge >= 0.3 is 6.03 Å². The summed E-state index contributed by atoms with van der Waals surface area (Å²) < 4.78 is 0. The van der Waals surface area contributed by atoms with Gasteiger partial charge in [0.2, 0.25) is 0 Å². The van der Waals surface area contributed by atoms with Gasteiger partial charge in [-0.05, 0) is 25.1 Å². The normalized spacial score (nSPS) is 10.2. The summed E-state index contributed by atoms with van der Waals surface area (Å²) in [5.74, 6) is 0. The summed E-state index contributed by atoms with van der Waals surface area (Å²) in [7, 11) is 0. The third-order valence-electron chi connectivity index (χ3n) is 2.38. The molecule has 0 radical (unpaired) electrons. The number of amides is 2. The molecule has 0 atom stereocenters. The first-order chi connectivity index (χ1) is 9.13. The van der Waals surface area contributed by atoms with Crippen LogP contribution in [0.3, 0.4) is 0 Å². The lowest BCUT2D eigenvalue weighted by atomic mass is 10.3. The Morgan fingerprint density at radius 3 is 3.00 bits per heavy atom. The molecule has 1 heterocycles. The van der Waals surface area contributed by atoms with Crippen molar-refractivity contribution in [3.8, 4) is 0 Å². The lowest BCUT2D eigenvalue weighted by Crippen LogP contribution is -2.30. The van der Waals surface area contributed by atoms with E-state index in [0.717, 1.165) is 11.4 Å². The van der Waals surface area contributed by atoms with E-state index >= 15 is 0 Å². The zero-order chi connectivity index (χ0) is 13.7. The van der Waals surface area contributed by atoms with Crippen LogP contribution in [0.25, 0.3) is 0 Å². The molecule has 2 rings (SSSR count). The lowest BCUT2D eigenvalue weighted by molar-refractivity contribution is 0.252. The maximum Gasteiger partial charge on any atom is 0.319 e. The summed E-state index contributed by atoms with van der Waals surface area (Å²) in [6, 6.07) is 6.79. The fraction of sp³-hybridized carbons (Fsp3) is 0.231. The Morgan fingerprint density at radius 1 is 1.47 bits per heavy atom. The number of nitrogens with one attached hydrogen (secondary N) is 2. The van der Waals surface area contributed by atoms with Crippen molar-refractivity contribution in [2.24, 2.45) is 0 Å². The van der Waals surface area contributed by atoms with Crippen LogP contribution in [-0.2, 0) is 6.42 Å². The Kier molecular flexibility index (Phi) is 4.76. The van der Waals surface area contributed by atoms with E-state index in [9.17, 15) is 4.79 Å². The number of benzene rings is 1. The molecular weight excluding hydrogens is 282 g/mol. The smallest absolute Gasteiger partial charge is 0.319 e.